The SMILES string of the molecule is COc1ccc(C2CCCCN(C(=O)c3cc(Cl)ccc3OC)C2)cc1. The predicted molar refractivity (Wildman–Crippen MR) is 103 cm³/mol. The summed E-state index contributed by atoms with van der Waals surface area (Å²) in [5.41, 5.74) is 1.76. The molecule has 26 heavy (non-hydrogen) atoms. The summed E-state index contributed by atoms with van der Waals surface area (Å²) >= 11 is 6.10. The Kier molecular flexibility index (Phi) is 6.04. The molecule has 1 heterocycles. The first-order chi connectivity index (χ1) is 12.6. The Morgan fingerprint density at radius 3 is 2.54 bits per heavy atom. The molecule has 1 fully saturated rings. The van der Waals surface area contributed by atoms with Crippen LogP contribution in [0.15, 0.2) is 42.5 Å². The minimum Gasteiger partial charge on any atom is -0.497 e. The lowest BCUT2D eigenvalue weighted by atomic mass is 9.94. The average Bonchev–Trinajstić information content (AvgIpc) is 2.94. The van der Waals surface area contributed by atoms with Crippen LogP contribution in [-0.4, -0.2) is 38.1 Å². The standard InChI is InChI=1S/C21H24ClNO3/c1-25-18-9-6-15(7-10-18)16-5-3-4-12-23(14-16)21(24)19-13-17(22)8-11-20(19)26-2/h6-11,13,16H,3-5,12,14H2,1-2H3. The van der Waals surface area contributed by atoms with E-state index in [0.29, 0.717) is 28.8 Å². The van der Waals surface area contributed by atoms with E-state index in [2.05, 4.69) is 12.1 Å². The molecule has 1 atom stereocenters. The Labute approximate surface area is 159 Å². The van der Waals surface area contributed by atoms with Gasteiger partial charge < -0.3 is 14.4 Å². The summed E-state index contributed by atoms with van der Waals surface area (Å²) in [4.78, 5) is 15.1. The Morgan fingerprint density at radius 1 is 1.08 bits per heavy atom. The van der Waals surface area contributed by atoms with E-state index in [1.54, 1.807) is 32.4 Å². The van der Waals surface area contributed by atoms with Gasteiger partial charge in [-0.15, -0.1) is 0 Å². The minimum atomic E-state index is -0.0234. The molecule has 0 spiro atoms. The maximum absolute atomic E-state index is 13.1. The maximum atomic E-state index is 13.1. The van der Waals surface area contributed by atoms with Crippen molar-refractivity contribution in [2.24, 2.45) is 0 Å². The van der Waals surface area contributed by atoms with Crippen LogP contribution in [0.1, 0.15) is 41.1 Å². The summed E-state index contributed by atoms with van der Waals surface area (Å²) in [6.45, 7) is 1.45. The molecule has 0 saturated carbocycles. The highest BCUT2D eigenvalue weighted by Gasteiger charge is 2.26. The van der Waals surface area contributed by atoms with E-state index in [1.807, 2.05) is 17.0 Å². The van der Waals surface area contributed by atoms with Gasteiger partial charge in [-0.1, -0.05) is 30.2 Å². The van der Waals surface area contributed by atoms with Gasteiger partial charge >= 0.3 is 0 Å². The van der Waals surface area contributed by atoms with Crippen LogP contribution in [0, 0.1) is 0 Å². The fraction of sp³-hybridized carbons (Fsp3) is 0.381. The summed E-state index contributed by atoms with van der Waals surface area (Å²) < 4.78 is 10.6. The molecule has 1 aliphatic heterocycles. The van der Waals surface area contributed by atoms with Crippen LogP contribution in [-0.2, 0) is 0 Å². The van der Waals surface area contributed by atoms with Crippen molar-refractivity contribution in [2.75, 3.05) is 27.3 Å². The highest BCUT2D eigenvalue weighted by atomic mass is 35.5. The van der Waals surface area contributed by atoms with Crippen LogP contribution < -0.4 is 9.47 Å². The smallest absolute Gasteiger partial charge is 0.257 e. The topological polar surface area (TPSA) is 38.8 Å². The van der Waals surface area contributed by atoms with E-state index in [0.717, 1.165) is 31.6 Å². The zero-order valence-electron chi connectivity index (χ0n) is 15.2. The number of amides is 1. The summed E-state index contributed by atoms with van der Waals surface area (Å²) in [6, 6.07) is 13.3. The third kappa shape index (κ3) is 4.13. The Morgan fingerprint density at radius 2 is 1.85 bits per heavy atom. The molecule has 1 amide bonds. The third-order valence-electron chi connectivity index (χ3n) is 4.94. The first kappa shape index (κ1) is 18.6. The molecule has 0 aliphatic carbocycles. The molecule has 1 unspecified atom stereocenters. The largest absolute Gasteiger partial charge is 0.497 e. The van der Waals surface area contributed by atoms with E-state index >= 15 is 0 Å². The summed E-state index contributed by atoms with van der Waals surface area (Å²) in [5, 5.41) is 0.538. The maximum Gasteiger partial charge on any atom is 0.257 e. The van der Waals surface area contributed by atoms with E-state index in [9.17, 15) is 4.79 Å². The summed E-state index contributed by atoms with van der Waals surface area (Å²) in [6.07, 6.45) is 3.18. The van der Waals surface area contributed by atoms with Crippen LogP contribution >= 0.6 is 11.6 Å². The lowest BCUT2D eigenvalue weighted by molar-refractivity contribution is 0.0751. The molecule has 0 aromatic heterocycles. The molecule has 4 nitrogen and oxygen atoms in total. The number of hydrogen-bond acceptors (Lipinski definition) is 3. The fourth-order valence-corrected chi connectivity index (χ4v) is 3.66. The van der Waals surface area contributed by atoms with Crippen molar-refractivity contribution in [1.82, 2.24) is 4.90 Å². The van der Waals surface area contributed by atoms with E-state index in [-0.39, 0.29) is 5.91 Å². The van der Waals surface area contributed by atoms with E-state index in [4.69, 9.17) is 21.1 Å². The first-order valence-electron chi connectivity index (χ1n) is 8.89. The van der Waals surface area contributed by atoms with Gasteiger partial charge in [-0.25, -0.2) is 0 Å². The number of halogens is 1. The summed E-state index contributed by atoms with van der Waals surface area (Å²) in [7, 11) is 3.24. The van der Waals surface area contributed by atoms with Crippen molar-refractivity contribution < 1.29 is 14.3 Å². The minimum absolute atomic E-state index is 0.0234. The number of carbonyl (C=O) groups is 1. The van der Waals surface area contributed by atoms with Crippen molar-refractivity contribution in [1.29, 1.82) is 0 Å². The van der Waals surface area contributed by atoms with Gasteiger partial charge in [0.25, 0.3) is 5.91 Å². The van der Waals surface area contributed by atoms with E-state index in [1.165, 1.54) is 5.56 Å². The molecule has 5 heteroatoms. The highest BCUT2D eigenvalue weighted by molar-refractivity contribution is 6.31. The molecular weight excluding hydrogens is 350 g/mol. The second kappa shape index (κ2) is 8.45. The van der Waals surface area contributed by atoms with Crippen LogP contribution in [0.3, 0.4) is 0 Å². The number of likely N-dealkylation sites (tertiary alicyclic amines) is 1. The predicted octanol–water partition coefficient (Wildman–Crippen LogP) is 4.77. The van der Waals surface area contributed by atoms with Gasteiger partial charge in [0.1, 0.15) is 11.5 Å². The van der Waals surface area contributed by atoms with Gasteiger partial charge in [0.15, 0.2) is 0 Å². The molecule has 138 valence electrons. The van der Waals surface area contributed by atoms with Gasteiger partial charge in [0, 0.05) is 24.0 Å². The van der Waals surface area contributed by atoms with Crippen LogP contribution in [0.5, 0.6) is 11.5 Å². The quantitative estimate of drug-likeness (QED) is 0.775. The molecular formula is C21H24ClNO3. The molecule has 1 saturated heterocycles. The van der Waals surface area contributed by atoms with Crippen LogP contribution in [0.2, 0.25) is 5.02 Å². The second-order valence-electron chi connectivity index (χ2n) is 6.56. The highest BCUT2D eigenvalue weighted by Crippen LogP contribution is 2.30. The summed E-state index contributed by atoms with van der Waals surface area (Å²) in [5.74, 6) is 1.70. The zero-order chi connectivity index (χ0) is 18.5. The first-order valence-corrected chi connectivity index (χ1v) is 9.27. The van der Waals surface area contributed by atoms with E-state index < -0.39 is 0 Å². The fourth-order valence-electron chi connectivity index (χ4n) is 3.49. The second-order valence-corrected chi connectivity index (χ2v) is 7.00. The average molecular weight is 374 g/mol. The van der Waals surface area contributed by atoms with Crippen molar-refractivity contribution in [3.8, 4) is 11.5 Å². The Balaban J connectivity index is 1.82. The van der Waals surface area contributed by atoms with Crippen LogP contribution in [0.25, 0.3) is 0 Å². The lowest BCUT2D eigenvalue weighted by Crippen LogP contribution is -2.34. The number of carbonyl (C=O) groups excluding carboxylic acids is 1. The molecule has 3 rings (SSSR count). The van der Waals surface area contributed by atoms with Crippen molar-refractivity contribution in [3.05, 3.63) is 58.6 Å². The number of ether oxygens (including phenoxy) is 2. The monoisotopic (exact) mass is 373 g/mol. The Hall–Kier alpha value is -2.20. The molecule has 1 aliphatic rings. The third-order valence-corrected chi connectivity index (χ3v) is 5.17. The van der Waals surface area contributed by atoms with Crippen molar-refractivity contribution >= 4 is 17.5 Å². The van der Waals surface area contributed by atoms with Crippen LogP contribution in [0.4, 0.5) is 0 Å². The molecule has 2 aromatic carbocycles. The molecule has 0 bridgehead atoms. The van der Waals surface area contributed by atoms with Gasteiger partial charge in [0.05, 0.1) is 19.8 Å². The van der Waals surface area contributed by atoms with Crippen molar-refractivity contribution in [3.63, 3.8) is 0 Å². The molecule has 0 N–H and O–H groups in total. The van der Waals surface area contributed by atoms with Gasteiger partial charge in [-0.05, 0) is 48.7 Å². The lowest BCUT2D eigenvalue weighted by Gasteiger charge is -2.25. The zero-order valence-corrected chi connectivity index (χ0v) is 16.0. The van der Waals surface area contributed by atoms with Gasteiger partial charge in [-0.3, -0.25) is 4.79 Å². The number of rotatable bonds is 4. The molecule has 2 aromatic rings. The molecule has 0 radical (unpaired) electrons. The van der Waals surface area contributed by atoms with Gasteiger partial charge in [-0.2, -0.15) is 0 Å². The van der Waals surface area contributed by atoms with Crippen molar-refractivity contribution in [2.45, 2.75) is 25.2 Å². The Bertz CT molecular complexity index is 760. The number of hydrogen-bond donors (Lipinski definition) is 0. The van der Waals surface area contributed by atoms with Gasteiger partial charge in [0.2, 0.25) is 0 Å². The normalized spacial score (nSPS) is 17.5. The number of methoxy groups -OCH3 is 2. The number of nitrogens with zero attached hydrogens (tertiary/aromatic N) is 1. The number of benzene rings is 2.